The molecular formula is C27H44O8. The minimum atomic E-state index is -1.59. The molecular weight excluding hydrogens is 452 g/mol. The largest absolute Gasteiger partial charge is 0.392 e. The van der Waals surface area contributed by atoms with Crippen LogP contribution in [0.25, 0.3) is 0 Å². The van der Waals surface area contributed by atoms with Gasteiger partial charge >= 0.3 is 0 Å². The van der Waals surface area contributed by atoms with E-state index in [4.69, 9.17) is 0 Å². The maximum atomic E-state index is 13.3. The van der Waals surface area contributed by atoms with Crippen LogP contribution in [-0.4, -0.2) is 82.7 Å². The molecule has 0 saturated heterocycles. The van der Waals surface area contributed by atoms with Crippen molar-refractivity contribution in [1.82, 2.24) is 0 Å². The topological polar surface area (TPSA) is 159 Å². The minimum absolute atomic E-state index is 0.115. The summed E-state index contributed by atoms with van der Waals surface area (Å²) in [4.78, 5) is 13.3. The number of carbonyl (C=O) groups excluding carboxylic acids is 1. The molecule has 0 aromatic rings. The zero-order valence-corrected chi connectivity index (χ0v) is 21.6. The van der Waals surface area contributed by atoms with Crippen molar-refractivity contribution in [3.05, 3.63) is 11.6 Å². The van der Waals surface area contributed by atoms with E-state index < -0.39 is 69.8 Å². The lowest BCUT2D eigenvalue weighted by Gasteiger charge is -2.62. The van der Waals surface area contributed by atoms with Crippen LogP contribution in [0.5, 0.6) is 0 Å². The fraction of sp³-hybridized carbons (Fsp3) is 0.889. The first-order chi connectivity index (χ1) is 15.9. The molecule has 0 aromatic carbocycles. The number of ketones is 1. The molecule has 0 bridgehead atoms. The van der Waals surface area contributed by atoms with Gasteiger partial charge in [0.25, 0.3) is 0 Å². The number of aliphatic hydroxyl groups excluding tert-OH is 4. The van der Waals surface area contributed by atoms with Gasteiger partial charge in [-0.05, 0) is 88.7 Å². The van der Waals surface area contributed by atoms with Gasteiger partial charge < -0.3 is 35.7 Å². The van der Waals surface area contributed by atoms with Gasteiger partial charge in [0.2, 0.25) is 0 Å². The normalized spacial score (nSPS) is 48.3. The van der Waals surface area contributed by atoms with Crippen molar-refractivity contribution in [1.29, 1.82) is 0 Å². The van der Waals surface area contributed by atoms with Crippen molar-refractivity contribution in [2.75, 3.05) is 0 Å². The van der Waals surface area contributed by atoms with Gasteiger partial charge in [-0.3, -0.25) is 4.79 Å². The molecule has 200 valence electrons. The molecule has 0 amide bonds. The first-order valence-corrected chi connectivity index (χ1v) is 13.0. The Labute approximate surface area is 207 Å². The van der Waals surface area contributed by atoms with E-state index in [9.17, 15) is 40.5 Å². The predicted octanol–water partition coefficient (Wildman–Crippen LogP) is 0.825. The molecule has 4 aliphatic carbocycles. The summed E-state index contributed by atoms with van der Waals surface area (Å²) < 4.78 is 0. The molecule has 8 heteroatoms. The molecule has 7 unspecified atom stereocenters. The molecule has 0 heterocycles. The number of allylic oxidation sites excluding steroid dienone is 1. The lowest BCUT2D eigenvalue weighted by molar-refractivity contribution is -0.197. The molecule has 0 aliphatic heterocycles. The Morgan fingerprint density at radius 1 is 1.06 bits per heavy atom. The summed E-state index contributed by atoms with van der Waals surface area (Å²) >= 11 is 0. The van der Waals surface area contributed by atoms with Crippen LogP contribution in [0.3, 0.4) is 0 Å². The van der Waals surface area contributed by atoms with E-state index in [1.807, 2.05) is 13.8 Å². The van der Waals surface area contributed by atoms with Gasteiger partial charge in [-0.25, -0.2) is 0 Å². The summed E-state index contributed by atoms with van der Waals surface area (Å²) in [7, 11) is 0. The highest BCUT2D eigenvalue weighted by Crippen LogP contribution is 2.68. The third-order valence-corrected chi connectivity index (χ3v) is 10.5. The Morgan fingerprint density at radius 2 is 1.69 bits per heavy atom. The van der Waals surface area contributed by atoms with Crippen LogP contribution >= 0.6 is 0 Å². The van der Waals surface area contributed by atoms with Gasteiger partial charge in [-0.15, -0.1) is 0 Å². The molecule has 3 fully saturated rings. The van der Waals surface area contributed by atoms with Crippen molar-refractivity contribution in [2.45, 2.75) is 121 Å². The molecule has 4 rings (SSSR count). The van der Waals surface area contributed by atoms with Crippen LogP contribution < -0.4 is 0 Å². The van der Waals surface area contributed by atoms with Gasteiger partial charge in [0.1, 0.15) is 0 Å². The van der Waals surface area contributed by atoms with Crippen molar-refractivity contribution in [3.8, 4) is 0 Å². The second kappa shape index (κ2) is 8.32. The van der Waals surface area contributed by atoms with E-state index in [0.29, 0.717) is 12.0 Å². The summed E-state index contributed by atoms with van der Waals surface area (Å²) in [6.45, 7) is 8.52. The number of carbonyl (C=O) groups is 1. The van der Waals surface area contributed by atoms with E-state index in [2.05, 4.69) is 0 Å². The van der Waals surface area contributed by atoms with Crippen molar-refractivity contribution in [2.24, 2.45) is 28.6 Å². The van der Waals surface area contributed by atoms with E-state index in [0.717, 1.165) is 0 Å². The van der Waals surface area contributed by atoms with Crippen LogP contribution in [0.1, 0.15) is 79.6 Å². The third kappa shape index (κ3) is 3.95. The van der Waals surface area contributed by atoms with Crippen molar-refractivity contribution >= 4 is 5.78 Å². The Kier molecular flexibility index (Phi) is 6.46. The van der Waals surface area contributed by atoms with Crippen molar-refractivity contribution < 1.29 is 40.5 Å². The van der Waals surface area contributed by atoms with Gasteiger partial charge in [0.15, 0.2) is 5.78 Å². The van der Waals surface area contributed by atoms with Gasteiger partial charge in [0, 0.05) is 17.3 Å². The van der Waals surface area contributed by atoms with E-state index in [1.54, 1.807) is 20.8 Å². The molecule has 4 aliphatic rings. The molecule has 3 saturated carbocycles. The highest BCUT2D eigenvalue weighted by Gasteiger charge is 2.71. The standard InChI is InChI=1S/C27H44O8/c1-23(2,33)8-7-21(32)26(5,34)20-6-9-27(35)15-11-16(28)14-10-17(29)18(30)12-24(14,3)22(15)19(31)13-25(20,27)4/h11,14,17-22,29-35H,6-10,12-13H2,1-5H3/t14?,17?,18?,19?,20?,21?,22?,24-,25+,26+,27+/m0/s1. The Hall–Kier alpha value is -0.870. The Bertz CT molecular complexity index is 892. The van der Waals surface area contributed by atoms with Crippen LogP contribution in [-0.2, 0) is 4.79 Å². The van der Waals surface area contributed by atoms with E-state index in [1.165, 1.54) is 6.08 Å². The fourth-order valence-corrected chi connectivity index (χ4v) is 8.44. The minimum Gasteiger partial charge on any atom is -0.392 e. The Morgan fingerprint density at radius 3 is 2.29 bits per heavy atom. The first-order valence-electron chi connectivity index (χ1n) is 13.0. The molecule has 11 atom stereocenters. The Balaban J connectivity index is 1.71. The van der Waals surface area contributed by atoms with Gasteiger partial charge in [-0.1, -0.05) is 13.8 Å². The lowest BCUT2D eigenvalue weighted by Crippen LogP contribution is -2.66. The van der Waals surface area contributed by atoms with E-state index >= 15 is 0 Å². The second-order valence-corrected chi connectivity index (χ2v) is 13.3. The third-order valence-electron chi connectivity index (χ3n) is 10.5. The molecule has 7 N–H and O–H groups in total. The number of rotatable bonds is 5. The summed E-state index contributed by atoms with van der Waals surface area (Å²) in [5.41, 5.74) is -5.42. The lowest BCUT2D eigenvalue weighted by atomic mass is 9.45. The average Bonchev–Trinajstić information content (AvgIpc) is 2.99. The van der Waals surface area contributed by atoms with Crippen LogP contribution in [0.4, 0.5) is 0 Å². The van der Waals surface area contributed by atoms with Crippen LogP contribution in [0.15, 0.2) is 11.6 Å². The maximum absolute atomic E-state index is 13.3. The summed E-state index contributed by atoms with van der Waals surface area (Å²) in [5, 5.41) is 77.0. The molecule has 8 nitrogen and oxygen atoms in total. The highest BCUT2D eigenvalue weighted by molar-refractivity contribution is 5.95. The number of fused-ring (bicyclic) bond motifs is 5. The van der Waals surface area contributed by atoms with Crippen LogP contribution in [0.2, 0.25) is 0 Å². The summed E-state index contributed by atoms with van der Waals surface area (Å²) in [5.74, 6) is -1.89. The van der Waals surface area contributed by atoms with Crippen molar-refractivity contribution in [3.63, 3.8) is 0 Å². The van der Waals surface area contributed by atoms with Gasteiger partial charge in [-0.2, -0.15) is 0 Å². The van der Waals surface area contributed by atoms with Gasteiger partial charge in [0.05, 0.1) is 41.2 Å². The SMILES string of the molecule is CC(C)(O)CCC(O)[C@](C)(O)C1CC[C@@]2(O)C3=CC(=O)C4CC(O)C(O)C[C@]4(C)C3C(O)C[C@]12C. The monoisotopic (exact) mass is 496 g/mol. The fourth-order valence-electron chi connectivity index (χ4n) is 8.44. The van der Waals surface area contributed by atoms with E-state index in [-0.39, 0.29) is 44.3 Å². The quantitative estimate of drug-likeness (QED) is 0.295. The average molecular weight is 497 g/mol. The highest BCUT2D eigenvalue weighted by atomic mass is 16.3. The summed E-state index contributed by atoms with van der Waals surface area (Å²) in [6, 6.07) is 0. The first kappa shape index (κ1) is 27.2. The second-order valence-electron chi connectivity index (χ2n) is 13.3. The zero-order valence-electron chi connectivity index (χ0n) is 21.6. The smallest absolute Gasteiger partial charge is 0.159 e. The number of aliphatic hydroxyl groups is 7. The summed E-state index contributed by atoms with van der Waals surface area (Å²) in [6.07, 6.45) is -1.08. The molecule has 0 spiro atoms. The number of hydrogen-bond donors (Lipinski definition) is 7. The zero-order chi connectivity index (χ0) is 26.4. The number of hydrogen-bond acceptors (Lipinski definition) is 8. The van der Waals surface area contributed by atoms with Crippen LogP contribution in [0, 0.1) is 28.6 Å². The predicted molar refractivity (Wildman–Crippen MR) is 128 cm³/mol. The molecule has 0 aromatic heterocycles. The molecule has 35 heavy (non-hydrogen) atoms. The molecule has 0 radical (unpaired) electrons. The maximum Gasteiger partial charge on any atom is 0.159 e.